The summed E-state index contributed by atoms with van der Waals surface area (Å²) in [5.41, 5.74) is 0. The molecule has 0 aromatic heterocycles. The van der Waals surface area contributed by atoms with Gasteiger partial charge in [0.25, 0.3) is 0 Å². The van der Waals surface area contributed by atoms with Gasteiger partial charge in [-0.1, -0.05) is 19.8 Å². The molecule has 1 aliphatic heterocycles. The van der Waals surface area contributed by atoms with Gasteiger partial charge in [0, 0.05) is 13.1 Å². The molecule has 1 fully saturated rings. The molecular formula is C14H27ClN2O3. The molecule has 2 N–H and O–H groups in total. The van der Waals surface area contributed by atoms with Gasteiger partial charge in [-0.3, -0.25) is 14.5 Å². The summed E-state index contributed by atoms with van der Waals surface area (Å²) >= 11 is 0. The molecule has 0 radical (unpaired) electrons. The number of unbranched alkanes of at least 4 members (excludes halogenated alkanes) is 2. The monoisotopic (exact) mass is 306 g/mol. The van der Waals surface area contributed by atoms with Crippen LogP contribution in [0.25, 0.3) is 0 Å². The highest BCUT2D eigenvalue weighted by Crippen LogP contribution is 2.18. The minimum absolute atomic E-state index is 0. The Balaban J connectivity index is 0.00000361. The lowest BCUT2D eigenvalue weighted by atomic mass is 9.97. The fraction of sp³-hybridized carbons (Fsp3) is 0.857. The molecule has 2 unspecified atom stereocenters. The molecule has 0 bridgehead atoms. The lowest BCUT2D eigenvalue weighted by molar-refractivity contribution is -0.145. The third-order valence-corrected chi connectivity index (χ3v) is 3.81. The van der Waals surface area contributed by atoms with Crippen molar-refractivity contribution in [2.45, 2.75) is 52.0 Å². The molecule has 1 saturated heterocycles. The van der Waals surface area contributed by atoms with Crippen LogP contribution in [0.5, 0.6) is 0 Å². The summed E-state index contributed by atoms with van der Waals surface area (Å²) in [6, 6.07) is -0.233. The van der Waals surface area contributed by atoms with Crippen molar-refractivity contribution in [2.24, 2.45) is 5.92 Å². The zero-order chi connectivity index (χ0) is 14.3. The minimum atomic E-state index is -0.750. The van der Waals surface area contributed by atoms with E-state index < -0.39 is 5.97 Å². The minimum Gasteiger partial charge on any atom is -0.481 e. The lowest BCUT2D eigenvalue weighted by Gasteiger charge is -2.34. The Bertz CT molecular complexity index is 313. The summed E-state index contributed by atoms with van der Waals surface area (Å²) in [6.45, 7) is 6.00. The average Bonchev–Trinajstić information content (AvgIpc) is 2.42. The number of carboxylic acid groups (broad SMARTS) is 1. The van der Waals surface area contributed by atoms with Gasteiger partial charge in [0.2, 0.25) is 5.91 Å². The van der Waals surface area contributed by atoms with Crippen LogP contribution in [-0.2, 0) is 9.59 Å². The first-order chi connectivity index (χ1) is 9.06. The smallest absolute Gasteiger partial charge is 0.307 e. The van der Waals surface area contributed by atoms with E-state index in [9.17, 15) is 9.59 Å². The first kappa shape index (κ1) is 19.2. The molecule has 5 nitrogen and oxygen atoms in total. The molecule has 2 atom stereocenters. The second-order valence-corrected chi connectivity index (χ2v) is 5.35. The van der Waals surface area contributed by atoms with Crippen LogP contribution in [0.15, 0.2) is 0 Å². The highest BCUT2D eigenvalue weighted by Gasteiger charge is 2.30. The highest BCUT2D eigenvalue weighted by atomic mass is 35.5. The van der Waals surface area contributed by atoms with Crippen LogP contribution >= 0.6 is 12.4 Å². The van der Waals surface area contributed by atoms with Crippen LogP contribution in [0.4, 0.5) is 0 Å². The summed E-state index contributed by atoms with van der Waals surface area (Å²) in [6.07, 6.45) is 4.84. The molecule has 1 amide bonds. The quantitative estimate of drug-likeness (QED) is 0.705. The van der Waals surface area contributed by atoms with E-state index in [2.05, 4.69) is 12.2 Å². The summed E-state index contributed by atoms with van der Waals surface area (Å²) in [5.74, 6) is -1.06. The van der Waals surface area contributed by atoms with Crippen LogP contribution < -0.4 is 5.32 Å². The van der Waals surface area contributed by atoms with Crippen molar-refractivity contribution in [1.82, 2.24) is 10.2 Å². The van der Waals surface area contributed by atoms with E-state index in [1.165, 1.54) is 0 Å². The normalized spacial score (nSPS) is 20.8. The Morgan fingerprint density at radius 2 is 2.10 bits per heavy atom. The van der Waals surface area contributed by atoms with Gasteiger partial charge in [-0.15, -0.1) is 12.4 Å². The molecule has 0 saturated carbocycles. The second kappa shape index (κ2) is 10.00. The van der Waals surface area contributed by atoms with Crippen molar-refractivity contribution in [3.05, 3.63) is 0 Å². The van der Waals surface area contributed by atoms with Gasteiger partial charge in [-0.2, -0.15) is 0 Å². The predicted molar refractivity (Wildman–Crippen MR) is 81.2 cm³/mol. The van der Waals surface area contributed by atoms with E-state index >= 15 is 0 Å². The van der Waals surface area contributed by atoms with Crippen molar-refractivity contribution in [2.75, 3.05) is 19.6 Å². The topological polar surface area (TPSA) is 69.6 Å². The van der Waals surface area contributed by atoms with Crippen molar-refractivity contribution in [3.8, 4) is 0 Å². The van der Waals surface area contributed by atoms with Crippen LogP contribution in [0.1, 0.15) is 46.0 Å². The zero-order valence-corrected chi connectivity index (χ0v) is 13.2. The number of nitrogens with zero attached hydrogens (tertiary/aromatic N) is 1. The lowest BCUT2D eigenvalue weighted by Crippen LogP contribution is -2.50. The molecule has 0 aromatic carbocycles. The van der Waals surface area contributed by atoms with Crippen molar-refractivity contribution < 1.29 is 14.7 Å². The fourth-order valence-corrected chi connectivity index (χ4v) is 2.46. The van der Waals surface area contributed by atoms with Gasteiger partial charge >= 0.3 is 5.97 Å². The van der Waals surface area contributed by atoms with Crippen LogP contribution in [0.3, 0.4) is 0 Å². The molecule has 1 aliphatic rings. The van der Waals surface area contributed by atoms with Crippen LogP contribution in [0, 0.1) is 5.92 Å². The maximum Gasteiger partial charge on any atom is 0.307 e. The first-order valence-electron chi connectivity index (χ1n) is 7.30. The largest absolute Gasteiger partial charge is 0.481 e. The number of likely N-dealkylation sites (tertiary alicyclic amines) is 1. The highest BCUT2D eigenvalue weighted by molar-refractivity contribution is 5.85. The molecule has 1 heterocycles. The Kier molecular flexibility index (Phi) is 9.59. The number of rotatable bonds is 7. The number of carbonyl (C=O) groups is 2. The van der Waals surface area contributed by atoms with Crippen LogP contribution in [0.2, 0.25) is 0 Å². The molecule has 118 valence electrons. The number of carbonyl (C=O) groups excluding carboxylic acids is 1. The van der Waals surface area contributed by atoms with Gasteiger partial charge in [0.1, 0.15) is 0 Å². The SMILES string of the molecule is CCCCCNC(=O)C(C)N1CCCC(C(=O)O)C1.Cl. The summed E-state index contributed by atoms with van der Waals surface area (Å²) in [7, 11) is 0. The standard InChI is InChI=1S/C14H26N2O3.ClH/c1-3-4-5-8-15-13(17)11(2)16-9-6-7-12(10-16)14(18)19;/h11-12H,3-10H2,1-2H3,(H,15,17)(H,18,19);1H. The Morgan fingerprint density at radius 3 is 2.70 bits per heavy atom. The molecule has 0 aromatic rings. The van der Waals surface area contributed by atoms with Gasteiger partial charge in [-0.25, -0.2) is 0 Å². The Morgan fingerprint density at radius 1 is 1.40 bits per heavy atom. The summed E-state index contributed by atoms with van der Waals surface area (Å²) in [4.78, 5) is 25.0. The van der Waals surface area contributed by atoms with Crippen molar-refractivity contribution in [3.63, 3.8) is 0 Å². The number of amides is 1. The predicted octanol–water partition coefficient (Wildman–Crippen LogP) is 1.90. The van der Waals surface area contributed by atoms with E-state index in [4.69, 9.17) is 5.11 Å². The maximum atomic E-state index is 12.0. The Labute approximate surface area is 127 Å². The third kappa shape index (κ3) is 6.09. The van der Waals surface area contributed by atoms with Gasteiger partial charge < -0.3 is 10.4 Å². The third-order valence-electron chi connectivity index (χ3n) is 3.81. The van der Waals surface area contributed by atoms with E-state index in [-0.39, 0.29) is 30.3 Å². The molecule has 0 aliphatic carbocycles. The number of carboxylic acids is 1. The number of nitrogens with one attached hydrogen (secondary N) is 1. The number of hydrogen-bond donors (Lipinski definition) is 2. The van der Waals surface area contributed by atoms with E-state index in [0.29, 0.717) is 13.1 Å². The Hall–Kier alpha value is -0.810. The summed E-state index contributed by atoms with van der Waals surface area (Å²) < 4.78 is 0. The molecular weight excluding hydrogens is 280 g/mol. The maximum absolute atomic E-state index is 12.0. The van der Waals surface area contributed by atoms with Gasteiger partial charge in [0.15, 0.2) is 0 Å². The average molecular weight is 307 g/mol. The first-order valence-corrected chi connectivity index (χ1v) is 7.30. The molecule has 6 heteroatoms. The van der Waals surface area contributed by atoms with Gasteiger partial charge in [0.05, 0.1) is 12.0 Å². The van der Waals surface area contributed by atoms with E-state index in [1.54, 1.807) is 0 Å². The number of aliphatic carboxylic acids is 1. The van der Waals surface area contributed by atoms with E-state index in [0.717, 1.165) is 38.6 Å². The van der Waals surface area contributed by atoms with Crippen LogP contribution in [-0.4, -0.2) is 47.6 Å². The molecule has 0 spiro atoms. The number of hydrogen-bond acceptors (Lipinski definition) is 3. The number of halogens is 1. The van der Waals surface area contributed by atoms with Gasteiger partial charge in [-0.05, 0) is 32.7 Å². The molecule has 20 heavy (non-hydrogen) atoms. The second-order valence-electron chi connectivity index (χ2n) is 5.35. The number of piperidine rings is 1. The van der Waals surface area contributed by atoms with Crippen molar-refractivity contribution in [1.29, 1.82) is 0 Å². The van der Waals surface area contributed by atoms with Crippen molar-refractivity contribution >= 4 is 24.3 Å². The summed E-state index contributed by atoms with van der Waals surface area (Å²) in [5, 5.41) is 12.0. The zero-order valence-electron chi connectivity index (χ0n) is 12.4. The fourth-order valence-electron chi connectivity index (χ4n) is 2.46. The van der Waals surface area contributed by atoms with E-state index in [1.807, 2.05) is 11.8 Å². The molecule has 1 rings (SSSR count).